The van der Waals surface area contributed by atoms with Crippen LogP contribution in [0.1, 0.15) is 0 Å². The summed E-state index contributed by atoms with van der Waals surface area (Å²) in [5.74, 6) is -3.50. The summed E-state index contributed by atoms with van der Waals surface area (Å²) in [4.78, 5) is 0. The molecule has 0 bridgehead atoms. The fourth-order valence-electron chi connectivity index (χ4n) is 3.33. The van der Waals surface area contributed by atoms with Gasteiger partial charge >= 0.3 is 0 Å². The van der Waals surface area contributed by atoms with Gasteiger partial charge in [-0.25, -0.2) is 0 Å². The Balaban J connectivity index is 2.45. The zero-order valence-corrected chi connectivity index (χ0v) is 15.5. The Bertz CT molecular complexity index is 1180. The first-order valence-electron chi connectivity index (χ1n) is 7.86. The number of aromatic hydroxyl groups is 6. The van der Waals surface area contributed by atoms with Crippen LogP contribution in [-0.2, 0) is 0 Å². The van der Waals surface area contributed by atoms with Gasteiger partial charge in [0.15, 0.2) is 23.0 Å². The van der Waals surface area contributed by atoms with Crippen molar-refractivity contribution in [3.05, 3.63) is 34.8 Å². The minimum Gasteiger partial charge on any atom is -0.506 e. The van der Waals surface area contributed by atoms with Crippen molar-refractivity contribution in [3.63, 3.8) is 0 Å². The lowest BCUT2D eigenvalue weighted by Crippen LogP contribution is -2.06. The van der Waals surface area contributed by atoms with Crippen molar-refractivity contribution in [1.29, 1.82) is 0 Å². The predicted octanol–water partition coefficient (Wildman–Crippen LogP) is 2.04. The van der Waals surface area contributed by atoms with E-state index in [1.807, 2.05) is 0 Å². The van der Waals surface area contributed by atoms with Crippen LogP contribution in [0.15, 0.2) is 34.8 Å². The zero-order valence-electron chi connectivity index (χ0n) is 13.9. The molecule has 4 aromatic rings. The second kappa shape index (κ2) is 5.65. The molecule has 3 aromatic carbocycles. The lowest BCUT2D eigenvalue weighted by Gasteiger charge is -2.12. The number of halogens is 1. The van der Waals surface area contributed by atoms with Crippen molar-refractivity contribution in [2.75, 3.05) is 0 Å². The largest absolute Gasteiger partial charge is 0.506 e. The summed E-state index contributed by atoms with van der Waals surface area (Å²) in [6.07, 6.45) is 0. The Hall–Kier alpha value is -3.20. The summed E-state index contributed by atoms with van der Waals surface area (Å²) in [6, 6.07) is 8.76. The van der Waals surface area contributed by atoms with Crippen molar-refractivity contribution in [2.24, 2.45) is 0 Å². The first-order chi connectivity index (χ1) is 12.8. The SMILES string of the molecule is Bc1c(O)c(O)c2c3c(O)c(O)c(O)c(Br)c3n(-c3ccccc3)c2c1O. The quantitative estimate of drug-likeness (QED) is 0.156. The highest BCUT2D eigenvalue weighted by atomic mass is 79.9. The lowest BCUT2D eigenvalue weighted by molar-refractivity contribution is 0.370. The van der Waals surface area contributed by atoms with Crippen LogP contribution in [-0.4, -0.2) is 43.1 Å². The molecule has 1 heterocycles. The molecule has 0 fully saturated rings. The Morgan fingerprint density at radius 1 is 0.667 bits per heavy atom. The minimum absolute atomic E-state index is 0.0425. The summed E-state index contributed by atoms with van der Waals surface area (Å²) in [7, 11) is 1.43. The van der Waals surface area contributed by atoms with Gasteiger partial charge < -0.3 is 35.2 Å². The number of phenolic OH excluding ortho intramolecular Hbond substituents is 6. The highest BCUT2D eigenvalue weighted by molar-refractivity contribution is 9.10. The van der Waals surface area contributed by atoms with Crippen molar-refractivity contribution in [3.8, 4) is 40.2 Å². The Kier molecular flexibility index (Phi) is 3.61. The summed E-state index contributed by atoms with van der Waals surface area (Å²) in [6.45, 7) is 0. The summed E-state index contributed by atoms with van der Waals surface area (Å²) in [5, 5.41) is 62.1. The molecule has 0 aliphatic rings. The lowest BCUT2D eigenvalue weighted by atomic mass is 9.91. The number of aromatic nitrogens is 1. The van der Waals surface area contributed by atoms with E-state index in [1.54, 1.807) is 30.3 Å². The molecule has 1 aromatic heterocycles. The smallest absolute Gasteiger partial charge is 0.202 e. The van der Waals surface area contributed by atoms with Gasteiger partial charge in [0, 0.05) is 5.69 Å². The molecule has 0 aliphatic carbocycles. The van der Waals surface area contributed by atoms with Crippen molar-refractivity contribution in [2.45, 2.75) is 0 Å². The molecule has 0 atom stereocenters. The maximum absolute atomic E-state index is 10.7. The molecule has 7 nitrogen and oxygen atoms in total. The zero-order chi connectivity index (χ0) is 19.6. The third-order valence-corrected chi connectivity index (χ3v) is 5.43. The van der Waals surface area contributed by atoms with Gasteiger partial charge in [-0.1, -0.05) is 18.2 Å². The van der Waals surface area contributed by atoms with Crippen LogP contribution in [0.4, 0.5) is 0 Å². The van der Waals surface area contributed by atoms with E-state index < -0.39 is 28.7 Å². The second-order valence-corrected chi connectivity index (χ2v) is 6.94. The molecule has 0 unspecified atom stereocenters. The molecule has 0 spiro atoms. The average Bonchev–Trinajstić information content (AvgIpc) is 3.04. The van der Waals surface area contributed by atoms with Gasteiger partial charge in [0.2, 0.25) is 5.75 Å². The normalized spacial score (nSPS) is 11.4. The molecule has 0 saturated carbocycles. The molecule has 6 N–H and O–H groups in total. The maximum Gasteiger partial charge on any atom is 0.202 e. The number of rotatable bonds is 1. The van der Waals surface area contributed by atoms with E-state index in [9.17, 15) is 30.6 Å². The van der Waals surface area contributed by atoms with Crippen molar-refractivity contribution in [1.82, 2.24) is 4.57 Å². The fraction of sp³-hybridized carbons (Fsp3) is 0. The van der Waals surface area contributed by atoms with Crippen molar-refractivity contribution < 1.29 is 30.6 Å². The van der Waals surface area contributed by atoms with Crippen molar-refractivity contribution >= 4 is 51.0 Å². The molecular weight excluding hydrogens is 417 g/mol. The van der Waals surface area contributed by atoms with Crippen LogP contribution in [0.2, 0.25) is 0 Å². The Morgan fingerprint density at radius 3 is 1.85 bits per heavy atom. The fourth-order valence-corrected chi connectivity index (χ4v) is 3.90. The topological polar surface area (TPSA) is 126 Å². The number of para-hydroxylation sites is 1. The first-order valence-corrected chi connectivity index (χ1v) is 8.66. The molecule has 136 valence electrons. The van der Waals surface area contributed by atoms with Gasteiger partial charge in [-0.2, -0.15) is 0 Å². The summed E-state index contributed by atoms with van der Waals surface area (Å²) < 4.78 is 1.55. The number of fused-ring (bicyclic) bond motifs is 3. The van der Waals surface area contributed by atoms with Gasteiger partial charge in [0.25, 0.3) is 0 Å². The molecule has 27 heavy (non-hydrogen) atoms. The van der Waals surface area contributed by atoms with E-state index in [4.69, 9.17) is 0 Å². The van der Waals surface area contributed by atoms with Crippen LogP contribution >= 0.6 is 15.9 Å². The van der Waals surface area contributed by atoms with Gasteiger partial charge in [-0.15, -0.1) is 0 Å². The number of phenols is 6. The van der Waals surface area contributed by atoms with Gasteiger partial charge in [-0.3, -0.25) is 0 Å². The molecule has 0 saturated heterocycles. The summed E-state index contributed by atoms with van der Waals surface area (Å²) in [5.41, 5.74) is 0.899. The average molecular weight is 430 g/mol. The van der Waals surface area contributed by atoms with Crippen LogP contribution < -0.4 is 5.46 Å². The first kappa shape index (κ1) is 17.2. The second-order valence-electron chi connectivity index (χ2n) is 6.15. The van der Waals surface area contributed by atoms with E-state index in [0.29, 0.717) is 5.69 Å². The van der Waals surface area contributed by atoms with Crippen LogP contribution in [0, 0.1) is 0 Å². The van der Waals surface area contributed by atoms with Crippen LogP contribution in [0.3, 0.4) is 0 Å². The molecule has 9 heteroatoms. The standard InChI is InChI=1S/C18H13BBrNO6/c19-9-15(24)12-8(13(22)16(9)25)7-11(10(20)17(26)18(27)14(7)23)21(12)6-4-2-1-3-5-6/h1-5,22-27H,19H2. The van der Waals surface area contributed by atoms with E-state index >= 15 is 0 Å². The van der Waals surface area contributed by atoms with E-state index in [0.717, 1.165) is 0 Å². The predicted molar refractivity (Wildman–Crippen MR) is 107 cm³/mol. The summed E-state index contributed by atoms with van der Waals surface area (Å²) >= 11 is 3.21. The van der Waals surface area contributed by atoms with E-state index in [2.05, 4.69) is 15.9 Å². The van der Waals surface area contributed by atoms with Crippen LogP contribution in [0.5, 0.6) is 34.5 Å². The number of hydrogen-bond acceptors (Lipinski definition) is 6. The molecule has 0 amide bonds. The molecular formula is C18H13BBrNO6. The molecule has 0 aliphatic heterocycles. The molecule has 4 rings (SSSR count). The Morgan fingerprint density at radius 2 is 1.22 bits per heavy atom. The monoisotopic (exact) mass is 429 g/mol. The number of benzene rings is 3. The molecule has 0 radical (unpaired) electrons. The van der Waals surface area contributed by atoms with Crippen LogP contribution in [0.25, 0.3) is 27.5 Å². The highest BCUT2D eigenvalue weighted by Gasteiger charge is 2.30. The number of nitrogens with zero attached hydrogens (tertiary/aromatic N) is 1. The van der Waals surface area contributed by atoms with Gasteiger partial charge in [0.05, 0.1) is 26.3 Å². The van der Waals surface area contributed by atoms with Gasteiger partial charge in [-0.05, 0) is 33.5 Å². The minimum atomic E-state index is -0.791. The maximum atomic E-state index is 10.7. The van der Waals surface area contributed by atoms with E-state index in [-0.39, 0.29) is 37.5 Å². The van der Waals surface area contributed by atoms with Gasteiger partial charge in [0.1, 0.15) is 13.6 Å². The third-order valence-electron chi connectivity index (χ3n) is 4.68. The highest BCUT2D eigenvalue weighted by Crippen LogP contribution is 2.54. The van der Waals surface area contributed by atoms with E-state index in [1.165, 1.54) is 12.4 Å². The number of hydrogen-bond donors (Lipinski definition) is 6. The Labute approximate surface area is 161 Å². The third kappa shape index (κ3) is 2.09.